The number of imidazole rings is 1. The van der Waals surface area contributed by atoms with Gasteiger partial charge in [-0.3, -0.25) is 0 Å². The first kappa shape index (κ1) is 15.2. The molecule has 3 heteroatoms. The monoisotopic (exact) mass is 339 g/mol. The maximum Gasteiger partial charge on any atom is 0.204 e. The Kier molecular flexibility index (Phi) is 3.52. The van der Waals surface area contributed by atoms with Gasteiger partial charge in [-0.2, -0.15) is 0 Å². The minimum Gasteiger partial charge on any atom is -0.349 e. The van der Waals surface area contributed by atoms with Gasteiger partial charge in [-0.25, -0.2) is 4.98 Å². The third-order valence-electron chi connectivity index (χ3n) is 5.42. The molecule has 1 aliphatic rings. The van der Waals surface area contributed by atoms with E-state index < -0.39 is 0 Å². The molecule has 0 radical (unpaired) electrons. The molecule has 0 unspecified atom stereocenters. The number of nitrogens with zero attached hydrogens (tertiary/aromatic N) is 2. The molecule has 0 saturated carbocycles. The van der Waals surface area contributed by atoms with Crippen molar-refractivity contribution in [1.29, 1.82) is 0 Å². The average molecular weight is 339 g/mol. The summed E-state index contributed by atoms with van der Waals surface area (Å²) in [6.07, 6.45) is 1.00. The molecule has 1 aromatic heterocycles. The first-order valence-electron chi connectivity index (χ1n) is 9.15. The van der Waals surface area contributed by atoms with Crippen LogP contribution >= 0.6 is 0 Å². The molecule has 0 saturated heterocycles. The Morgan fingerprint density at radius 2 is 1.62 bits per heavy atom. The van der Waals surface area contributed by atoms with E-state index in [0.29, 0.717) is 0 Å². The molecule has 128 valence electrons. The van der Waals surface area contributed by atoms with E-state index in [0.717, 1.165) is 17.9 Å². The van der Waals surface area contributed by atoms with Gasteiger partial charge in [-0.15, -0.1) is 0 Å². The summed E-state index contributed by atoms with van der Waals surface area (Å²) in [7, 11) is 0. The van der Waals surface area contributed by atoms with Crippen molar-refractivity contribution in [2.75, 3.05) is 5.32 Å². The van der Waals surface area contributed by atoms with E-state index in [1.54, 1.807) is 0 Å². The van der Waals surface area contributed by atoms with Crippen LogP contribution in [0.2, 0.25) is 0 Å². The Morgan fingerprint density at radius 1 is 0.885 bits per heavy atom. The molecule has 0 amide bonds. The molecule has 1 N–H and O–H groups in total. The Balaban J connectivity index is 1.71. The number of hydrogen-bond donors (Lipinski definition) is 1. The zero-order chi connectivity index (χ0) is 17.5. The van der Waals surface area contributed by atoms with E-state index >= 15 is 0 Å². The van der Waals surface area contributed by atoms with Crippen molar-refractivity contribution in [3.63, 3.8) is 0 Å². The third-order valence-corrected chi connectivity index (χ3v) is 5.42. The summed E-state index contributed by atoms with van der Waals surface area (Å²) >= 11 is 0. The number of benzene rings is 3. The molecule has 3 nitrogen and oxygen atoms in total. The molecule has 3 aromatic carbocycles. The van der Waals surface area contributed by atoms with Crippen LogP contribution in [-0.4, -0.2) is 9.55 Å². The van der Waals surface area contributed by atoms with Crippen molar-refractivity contribution in [2.45, 2.75) is 25.4 Å². The lowest BCUT2D eigenvalue weighted by molar-refractivity contribution is 0.476. The van der Waals surface area contributed by atoms with Crippen LogP contribution in [0.3, 0.4) is 0 Å². The standard InChI is InChI=1S/C23H21N3/c1-16-9-5-6-12-18(16)22-15-20(17-10-3-2-4-11-17)25-23-24-19-13-7-8-14-21(19)26(22)23/h2-14,20,22H,15H2,1H3,(H,24,25)/t20-,22-/m0/s1. The number of anilines is 1. The lowest BCUT2D eigenvalue weighted by atomic mass is 9.91. The topological polar surface area (TPSA) is 29.9 Å². The molecular formula is C23H21N3. The number of rotatable bonds is 2. The van der Waals surface area contributed by atoms with Crippen LogP contribution < -0.4 is 5.32 Å². The highest BCUT2D eigenvalue weighted by molar-refractivity contribution is 5.79. The van der Waals surface area contributed by atoms with Gasteiger partial charge in [0.25, 0.3) is 0 Å². The predicted octanol–water partition coefficient (Wildman–Crippen LogP) is 5.49. The number of hydrogen-bond acceptors (Lipinski definition) is 2. The van der Waals surface area contributed by atoms with Gasteiger partial charge in [0.15, 0.2) is 0 Å². The summed E-state index contributed by atoms with van der Waals surface area (Å²) < 4.78 is 2.37. The summed E-state index contributed by atoms with van der Waals surface area (Å²) in [5, 5.41) is 3.67. The van der Waals surface area contributed by atoms with Crippen molar-refractivity contribution in [1.82, 2.24) is 9.55 Å². The first-order valence-corrected chi connectivity index (χ1v) is 9.15. The summed E-state index contributed by atoms with van der Waals surface area (Å²) in [6.45, 7) is 2.20. The van der Waals surface area contributed by atoms with E-state index in [1.165, 1.54) is 22.2 Å². The van der Waals surface area contributed by atoms with Crippen LogP contribution in [0.25, 0.3) is 11.0 Å². The highest BCUT2D eigenvalue weighted by Crippen LogP contribution is 2.41. The minimum absolute atomic E-state index is 0.255. The Bertz CT molecular complexity index is 1070. The maximum atomic E-state index is 4.89. The van der Waals surface area contributed by atoms with Crippen LogP contribution in [0.15, 0.2) is 78.9 Å². The fraction of sp³-hybridized carbons (Fsp3) is 0.174. The largest absolute Gasteiger partial charge is 0.349 e. The Morgan fingerprint density at radius 3 is 2.46 bits per heavy atom. The second kappa shape index (κ2) is 6.03. The van der Waals surface area contributed by atoms with E-state index in [9.17, 15) is 0 Å². The number of para-hydroxylation sites is 2. The summed E-state index contributed by atoms with van der Waals surface area (Å²) in [5.41, 5.74) is 6.25. The lowest BCUT2D eigenvalue weighted by Gasteiger charge is -2.34. The van der Waals surface area contributed by atoms with E-state index in [4.69, 9.17) is 4.98 Å². The maximum absolute atomic E-state index is 4.89. The van der Waals surface area contributed by atoms with E-state index in [1.807, 2.05) is 0 Å². The lowest BCUT2D eigenvalue weighted by Crippen LogP contribution is -2.27. The second-order valence-electron chi connectivity index (χ2n) is 7.01. The normalized spacial score (nSPS) is 19.1. The molecule has 0 spiro atoms. The number of fused-ring (bicyclic) bond motifs is 3. The van der Waals surface area contributed by atoms with Crippen molar-refractivity contribution in [3.8, 4) is 0 Å². The van der Waals surface area contributed by atoms with Crippen molar-refractivity contribution < 1.29 is 0 Å². The van der Waals surface area contributed by atoms with Gasteiger partial charge in [-0.05, 0) is 42.2 Å². The first-order chi connectivity index (χ1) is 12.8. The quantitative estimate of drug-likeness (QED) is 0.523. The predicted molar refractivity (Wildman–Crippen MR) is 106 cm³/mol. The Labute approximate surface area is 153 Å². The average Bonchev–Trinajstić information content (AvgIpc) is 3.07. The Hall–Kier alpha value is -3.07. The van der Waals surface area contributed by atoms with Gasteiger partial charge >= 0.3 is 0 Å². The van der Waals surface area contributed by atoms with Crippen LogP contribution in [0.1, 0.15) is 35.2 Å². The molecule has 1 aliphatic heterocycles. The summed E-state index contributed by atoms with van der Waals surface area (Å²) in [4.78, 5) is 4.89. The fourth-order valence-corrected chi connectivity index (χ4v) is 4.14. The molecule has 0 bridgehead atoms. The molecule has 2 atom stereocenters. The third kappa shape index (κ3) is 2.39. The second-order valence-corrected chi connectivity index (χ2v) is 7.01. The van der Waals surface area contributed by atoms with Crippen LogP contribution in [-0.2, 0) is 0 Å². The van der Waals surface area contributed by atoms with Gasteiger partial charge in [0.1, 0.15) is 0 Å². The van der Waals surface area contributed by atoms with Crippen molar-refractivity contribution in [2.24, 2.45) is 0 Å². The summed E-state index contributed by atoms with van der Waals surface area (Å²) in [6, 6.07) is 28.3. The molecule has 0 aliphatic carbocycles. The van der Waals surface area contributed by atoms with Crippen molar-refractivity contribution >= 4 is 17.0 Å². The van der Waals surface area contributed by atoms with Gasteiger partial charge in [0, 0.05) is 0 Å². The van der Waals surface area contributed by atoms with Crippen LogP contribution in [0, 0.1) is 6.92 Å². The number of nitrogens with one attached hydrogen (secondary N) is 1. The van der Waals surface area contributed by atoms with E-state index in [2.05, 4.69) is 95.7 Å². The fourth-order valence-electron chi connectivity index (χ4n) is 4.14. The van der Waals surface area contributed by atoms with Crippen LogP contribution in [0.5, 0.6) is 0 Å². The number of aromatic nitrogens is 2. The van der Waals surface area contributed by atoms with Gasteiger partial charge in [-0.1, -0.05) is 66.7 Å². The minimum atomic E-state index is 0.255. The highest BCUT2D eigenvalue weighted by Gasteiger charge is 2.31. The zero-order valence-electron chi connectivity index (χ0n) is 14.8. The highest BCUT2D eigenvalue weighted by atomic mass is 15.3. The molecule has 4 aromatic rings. The molecule has 0 fully saturated rings. The summed E-state index contributed by atoms with van der Waals surface area (Å²) in [5.74, 6) is 0.958. The van der Waals surface area contributed by atoms with Gasteiger partial charge in [0.2, 0.25) is 5.95 Å². The zero-order valence-corrected chi connectivity index (χ0v) is 14.8. The SMILES string of the molecule is Cc1ccccc1[C@@H]1C[C@@H](c2ccccc2)Nc2nc3ccccc3n21. The van der Waals surface area contributed by atoms with Crippen LogP contribution in [0.4, 0.5) is 5.95 Å². The molecule has 5 rings (SSSR count). The van der Waals surface area contributed by atoms with Gasteiger partial charge < -0.3 is 9.88 Å². The molecular weight excluding hydrogens is 318 g/mol. The molecule has 2 heterocycles. The van der Waals surface area contributed by atoms with Crippen molar-refractivity contribution in [3.05, 3.63) is 95.6 Å². The molecule has 26 heavy (non-hydrogen) atoms. The van der Waals surface area contributed by atoms with Gasteiger partial charge in [0.05, 0.1) is 23.1 Å². The smallest absolute Gasteiger partial charge is 0.204 e. The number of aryl methyl sites for hydroxylation is 1. The van der Waals surface area contributed by atoms with E-state index in [-0.39, 0.29) is 12.1 Å².